The Labute approximate surface area is 115 Å². The molecule has 0 aliphatic carbocycles. The highest BCUT2D eigenvalue weighted by Gasteiger charge is 2.40. The van der Waals surface area contributed by atoms with E-state index in [1.165, 1.54) is 0 Å². The average molecular weight is 286 g/mol. The second-order valence-electron chi connectivity index (χ2n) is 5.12. The van der Waals surface area contributed by atoms with Crippen molar-refractivity contribution in [3.05, 3.63) is 33.8 Å². The number of amides is 1. The third-order valence-electron chi connectivity index (χ3n) is 2.94. The molecular formula is C13H13Cl2NO2. The lowest BCUT2D eigenvalue weighted by atomic mass is 9.82. The van der Waals surface area contributed by atoms with Crippen LogP contribution in [0.4, 0.5) is 0 Å². The fourth-order valence-corrected chi connectivity index (χ4v) is 2.70. The highest BCUT2D eigenvalue weighted by molar-refractivity contribution is 6.35. The molecule has 1 saturated heterocycles. The average Bonchev–Trinajstić information content (AvgIpc) is 2.18. The minimum absolute atomic E-state index is 0.118. The van der Waals surface area contributed by atoms with E-state index in [9.17, 15) is 9.59 Å². The minimum atomic E-state index is -0.831. The lowest BCUT2D eigenvalue weighted by Crippen LogP contribution is -2.53. The number of carbonyl (C=O) groups excluding carboxylic acids is 2. The molecule has 1 amide bonds. The van der Waals surface area contributed by atoms with E-state index in [-0.39, 0.29) is 11.7 Å². The standard InChI is InChI=1S/C13H13Cl2NO2/c1-13(2)6-10(17)11(12(18)16-13)8-4-3-7(14)5-9(8)15/h3-5,11H,6H2,1-2H3,(H,16,18). The SMILES string of the molecule is CC1(C)CC(=O)C(c2ccc(Cl)cc2Cl)C(=O)N1. The van der Waals surface area contributed by atoms with Gasteiger partial charge in [-0.25, -0.2) is 0 Å². The van der Waals surface area contributed by atoms with Gasteiger partial charge in [-0.3, -0.25) is 9.59 Å². The Morgan fingerprint density at radius 1 is 1.28 bits per heavy atom. The molecule has 3 nitrogen and oxygen atoms in total. The van der Waals surface area contributed by atoms with Gasteiger partial charge >= 0.3 is 0 Å². The summed E-state index contributed by atoms with van der Waals surface area (Å²) < 4.78 is 0. The fourth-order valence-electron chi connectivity index (χ4n) is 2.18. The first-order chi connectivity index (χ1) is 8.30. The van der Waals surface area contributed by atoms with Crippen LogP contribution < -0.4 is 5.32 Å². The molecule has 1 aromatic rings. The number of piperidine rings is 1. The number of hydrogen-bond donors (Lipinski definition) is 1. The lowest BCUT2D eigenvalue weighted by Gasteiger charge is -2.34. The summed E-state index contributed by atoms with van der Waals surface area (Å²) in [6.07, 6.45) is 0.294. The Morgan fingerprint density at radius 2 is 1.94 bits per heavy atom. The quantitative estimate of drug-likeness (QED) is 0.807. The number of ketones is 1. The summed E-state index contributed by atoms with van der Waals surface area (Å²) >= 11 is 11.9. The molecule has 1 aromatic carbocycles. The van der Waals surface area contributed by atoms with E-state index in [1.54, 1.807) is 18.2 Å². The second kappa shape index (κ2) is 4.56. The van der Waals surface area contributed by atoms with Gasteiger partial charge in [0.2, 0.25) is 5.91 Å². The van der Waals surface area contributed by atoms with Gasteiger partial charge in [0.1, 0.15) is 5.92 Å². The van der Waals surface area contributed by atoms with E-state index in [2.05, 4.69) is 5.32 Å². The molecule has 0 bridgehead atoms. The molecule has 1 heterocycles. The van der Waals surface area contributed by atoms with Gasteiger partial charge in [-0.2, -0.15) is 0 Å². The van der Waals surface area contributed by atoms with Crippen molar-refractivity contribution in [2.75, 3.05) is 0 Å². The molecule has 0 saturated carbocycles. The van der Waals surface area contributed by atoms with Crippen LogP contribution in [0.2, 0.25) is 10.0 Å². The summed E-state index contributed by atoms with van der Waals surface area (Å²) in [6, 6.07) is 4.80. The molecule has 1 N–H and O–H groups in total. The number of hydrogen-bond acceptors (Lipinski definition) is 2. The van der Waals surface area contributed by atoms with Crippen LogP contribution in [0.15, 0.2) is 18.2 Å². The zero-order chi connectivity index (χ0) is 13.5. The van der Waals surface area contributed by atoms with Gasteiger partial charge in [0.25, 0.3) is 0 Å². The Hall–Kier alpha value is -1.06. The zero-order valence-electron chi connectivity index (χ0n) is 10.1. The van der Waals surface area contributed by atoms with Crippen LogP contribution in [-0.4, -0.2) is 17.2 Å². The molecule has 0 aromatic heterocycles. The summed E-state index contributed by atoms with van der Waals surface area (Å²) in [6.45, 7) is 3.64. The number of carbonyl (C=O) groups is 2. The fraction of sp³-hybridized carbons (Fsp3) is 0.385. The summed E-state index contributed by atoms with van der Waals surface area (Å²) in [5, 5.41) is 3.65. The van der Waals surface area contributed by atoms with Crippen LogP contribution in [0, 0.1) is 0 Å². The van der Waals surface area contributed by atoms with Gasteiger partial charge in [0.05, 0.1) is 0 Å². The normalized spacial score (nSPS) is 22.8. The lowest BCUT2D eigenvalue weighted by molar-refractivity contribution is -0.136. The number of halogens is 2. The van der Waals surface area contributed by atoms with E-state index in [0.29, 0.717) is 22.0 Å². The second-order valence-corrected chi connectivity index (χ2v) is 5.96. The molecular weight excluding hydrogens is 273 g/mol. The van der Waals surface area contributed by atoms with Gasteiger partial charge in [-0.05, 0) is 31.5 Å². The molecule has 5 heteroatoms. The molecule has 18 heavy (non-hydrogen) atoms. The Morgan fingerprint density at radius 3 is 2.50 bits per heavy atom. The third-order valence-corrected chi connectivity index (χ3v) is 3.50. The first kappa shape index (κ1) is 13.4. The van der Waals surface area contributed by atoms with E-state index in [1.807, 2.05) is 13.8 Å². The van der Waals surface area contributed by atoms with Crippen LogP contribution in [0.3, 0.4) is 0 Å². The van der Waals surface area contributed by atoms with E-state index in [4.69, 9.17) is 23.2 Å². The van der Waals surface area contributed by atoms with E-state index < -0.39 is 11.5 Å². The number of benzene rings is 1. The van der Waals surface area contributed by atoms with Gasteiger partial charge in [0, 0.05) is 22.0 Å². The predicted molar refractivity (Wildman–Crippen MR) is 71.0 cm³/mol. The molecule has 0 spiro atoms. The summed E-state index contributed by atoms with van der Waals surface area (Å²) in [4.78, 5) is 24.1. The molecule has 96 valence electrons. The van der Waals surface area contributed by atoms with Crippen molar-refractivity contribution in [3.8, 4) is 0 Å². The van der Waals surface area contributed by atoms with Crippen LogP contribution in [0.1, 0.15) is 31.7 Å². The van der Waals surface area contributed by atoms with E-state index >= 15 is 0 Å². The molecule has 2 rings (SSSR count). The number of nitrogens with one attached hydrogen (secondary N) is 1. The maximum absolute atomic E-state index is 12.1. The Balaban J connectivity index is 2.39. The Kier molecular flexibility index (Phi) is 3.39. The van der Waals surface area contributed by atoms with Crippen LogP contribution in [0.25, 0.3) is 0 Å². The van der Waals surface area contributed by atoms with Crippen molar-refractivity contribution in [1.82, 2.24) is 5.32 Å². The number of rotatable bonds is 1. The topological polar surface area (TPSA) is 46.2 Å². The van der Waals surface area contributed by atoms with Crippen molar-refractivity contribution in [1.29, 1.82) is 0 Å². The minimum Gasteiger partial charge on any atom is -0.350 e. The summed E-state index contributed by atoms with van der Waals surface area (Å²) in [5.74, 6) is -1.25. The predicted octanol–water partition coefficient (Wildman–Crippen LogP) is 2.94. The van der Waals surface area contributed by atoms with Crippen molar-refractivity contribution in [2.24, 2.45) is 0 Å². The molecule has 0 radical (unpaired) electrons. The smallest absolute Gasteiger partial charge is 0.235 e. The largest absolute Gasteiger partial charge is 0.350 e. The van der Waals surface area contributed by atoms with Gasteiger partial charge < -0.3 is 5.32 Å². The third kappa shape index (κ3) is 2.52. The van der Waals surface area contributed by atoms with Crippen LogP contribution in [0.5, 0.6) is 0 Å². The maximum atomic E-state index is 12.1. The summed E-state index contributed by atoms with van der Waals surface area (Å²) in [5.41, 5.74) is 0.0166. The van der Waals surface area contributed by atoms with Crippen molar-refractivity contribution in [2.45, 2.75) is 31.7 Å². The van der Waals surface area contributed by atoms with Crippen LogP contribution in [-0.2, 0) is 9.59 Å². The summed E-state index contributed by atoms with van der Waals surface area (Å²) in [7, 11) is 0. The highest BCUT2D eigenvalue weighted by atomic mass is 35.5. The van der Waals surface area contributed by atoms with Crippen LogP contribution >= 0.6 is 23.2 Å². The van der Waals surface area contributed by atoms with Gasteiger partial charge in [-0.15, -0.1) is 0 Å². The van der Waals surface area contributed by atoms with Gasteiger partial charge in [0.15, 0.2) is 5.78 Å². The molecule has 1 aliphatic heterocycles. The Bertz CT molecular complexity index is 506. The first-order valence-electron chi connectivity index (χ1n) is 5.60. The number of Topliss-reactive ketones (excluding diaryl/α,β-unsaturated/α-hetero) is 1. The first-order valence-corrected chi connectivity index (χ1v) is 6.35. The van der Waals surface area contributed by atoms with E-state index in [0.717, 1.165) is 0 Å². The highest BCUT2D eigenvalue weighted by Crippen LogP contribution is 2.33. The zero-order valence-corrected chi connectivity index (χ0v) is 11.6. The molecule has 1 atom stereocenters. The molecule has 1 unspecified atom stereocenters. The monoisotopic (exact) mass is 285 g/mol. The molecule has 1 fully saturated rings. The molecule has 1 aliphatic rings. The maximum Gasteiger partial charge on any atom is 0.235 e. The van der Waals surface area contributed by atoms with Crippen molar-refractivity contribution >= 4 is 34.9 Å². The van der Waals surface area contributed by atoms with Crippen molar-refractivity contribution < 1.29 is 9.59 Å². The van der Waals surface area contributed by atoms with Gasteiger partial charge in [-0.1, -0.05) is 29.3 Å². The van der Waals surface area contributed by atoms with Crippen molar-refractivity contribution in [3.63, 3.8) is 0 Å².